The molecular formula is C15H21NO2. The number of benzene rings is 1. The molecule has 1 saturated heterocycles. The smallest absolute Gasteiger partial charge is 0.304 e. The van der Waals surface area contributed by atoms with E-state index in [0.29, 0.717) is 0 Å². The Morgan fingerprint density at radius 2 is 2.06 bits per heavy atom. The molecule has 0 amide bonds. The van der Waals surface area contributed by atoms with E-state index in [-0.39, 0.29) is 5.97 Å². The third-order valence-corrected chi connectivity index (χ3v) is 3.66. The van der Waals surface area contributed by atoms with E-state index < -0.39 is 5.72 Å². The summed E-state index contributed by atoms with van der Waals surface area (Å²) < 4.78 is 5.68. The van der Waals surface area contributed by atoms with Crippen molar-refractivity contribution >= 4 is 5.97 Å². The Balaban J connectivity index is 2.21. The van der Waals surface area contributed by atoms with Gasteiger partial charge in [-0.05, 0) is 25.5 Å². The molecule has 1 heterocycles. The zero-order valence-corrected chi connectivity index (χ0v) is 11.2. The molecule has 0 N–H and O–H groups in total. The Morgan fingerprint density at radius 1 is 1.33 bits per heavy atom. The Morgan fingerprint density at radius 3 is 2.67 bits per heavy atom. The molecule has 0 spiro atoms. The van der Waals surface area contributed by atoms with Crippen LogP contribution in [0.4, 0.5) is 0 Å². The molecule has 1 aromatic carbocycles. The number of esters is 1. The number of likely N-dealkylation sites (tertiary alicyclic amines) is 1. The van der Waals surface area contributed by atoms with Crippen LogP contribution in [-0.4, -0.2) is 30.2 Å². The molecule has 98 valence electrons. The number of ether oxygens (including phenoxy) is 1. The van der Waals surface area contributed by atoms with E-state index in [1.54, 1.807) is 0 Å². The number of carbonyl (C=O) groups excluding carboxylic acids is 1. The van der Waals surface area contributed by atoms with E-state index in [4.69, 9.17) is 4.74 Å². The van der Waals surface area contributed by atoms with Gasteiger partial charge in [0.15, 0.2) is 5.72 Å². The fraction of sp³-hybridized carbons (Fsp3) is 0.533. The van der Waals surface area contributed by atoms with Crippen LogP contribution in [0.25, 0.3) is 0 Å². The highest BCUT2D eigenvalue weighted by molar-refractivity contribution is 5.66. The van der Waals surface area contributed by atoms with E-state index in [9.17, 15) is 4.79 Å². The lowest BCUT2D eigenvalue weighted by Crippen LogP contribution is -2.54. The lowest BCUT2D eigenvalue weighted by atomic mass is 9.92. The standard InChI is InChI=1S/C15H21NO2/c1-13(17)18-15(10-6-7-11-16(15)2)12-14-8-4-3-5-9-14/h3-5,8-9H,6-7,10-12H2,1-2H3. The van der Waals surface area contributed by atoms with Gasteiger partial charge in [0.2, 0.25) is 0 Å². The molecule has 1 aromatic rings. The second kappa shape index (κ2) is 5.53. The number of hydrogen-bond acceptors (Lipinski definition) is 3. The molecule has 3 nitrogen and oxygen atoms in total. The minimum atomic E-state index is -0.453. The maximum atomic E-state index is 11.4. The molecule has 1 aliphatic rings. The Labute approximate surface area is 109 Å². The third kappa shape index (κ3) is 2.91. The van der Waals surface area contributed by atoms with Crippen LogP contribution in [0, 0.1) is 0 Å². The van der Waals surface area contributed by atoms with Crippen LogP contribution in [0.15, 0.2) is 30.3 Å². The zero-order chi connectivity index (χ0) is 13.0. The summed E-state index contributed by atoms with van der Waals surface area (Å²) in [6, 6.07) is 10.2. The molecular weight excluding hydrogens is 226 g/mol. The number of nitrogens with zero attached hydrogens (tertiary/aromatic N) is 1. The van der Waals surface area contributed by atoms with E-state index in [1.807, 2.05) is 25.2 Å². The SMILES string of the molecule is CC(=O)OC1(Cc2ccccc2)CCCCN1C. The van der Waals surface area contributed by atoms with E-state index >= 15 is 0 Å². The van der Waals surface area contributed by atoms with Crippen LogP contribution in [0.2, 0.25) is 0 Å². The first kappa shape index (κ1) is 13.1. The number of likely N-dealkylation sites (N-methyl/N-ethyl adjacent to an activating group) is 1. The summed E-state index contributed by atoms with van der Waals surface area (Å²) in [6.07, 6.45) is 3.97. The summed E-state index contributed by atoms with van der Waals surface area (Å²) >= 11 is 0. The van der Waals surface area contributed by atoms with Gasteiger partial charge in [0.05, 0.1) is 0 Å². The van der Waals surface area contributed by atoms with Gasteiger partial charge < -0.3 is 4.74 Å². The average Bonchev–Trinajstić information content (AvgIpc) is 2.33. The molecule has 0 saturated carbocycles. The maximum Gasteiger partial charge on any atom is 0.304 e. The van der Waals surface area contributed by atoms with Crippen molar-refractivity contribution in [3.63, 3.8) is 0 Å². The normalized spacial score (nSPS) is 24.8. The van der Waals surface area contributed by atoms with Crippen molar-refractivity contribution in [3.8, 4) is 0 Å². The first-order valence-corrected chi connectivity index (χ1v) is 6.57. The molecule has 2 rings (SSSR count). The summed E-state index contributed by atoms with van der Waals surface area (Å²) in [6.45, 7) is 2.48. The molecule has 1 atom stereocenters. The van der Waals surface area contributed by atoms with Crippen LogP contribution in [0.1, 0.15) is 31.7 Å². The molecule has 18 heavy (non-hydrogen) atoms. The van der Waals surface area contributed by atoms with Crippen molar-refractivity contribution in [3.05, 3.63) is 35.9 Å². The predicted octanol–water partition coefficient (Wildman–Crippen LogP) is 2.60. The van der Waals surface area contributed by atoms with Gasteiger partial charge in [0, 0.05) is 26.3 Å². The first-order valence-electron chi connectivity index (χ1n) is 6.57. The molecule has 3 heteroatoms. The van der Waals surface area contributed by atoms with Crippen molar-refractivity contribution in [2.24, 2.45) is 0 Å². The second-order valence-electron chi connectivity index (χ2n) is 5.08. The fourth-order valence-electron chi connectivity index (χ4n) is 2.72. The van der Waals surface area contributed by atoms with Crippen LogP contribution >= 0.6 is 0 Å². The van der Waals surface area contributed by atoms with E-state index in [0.717, 1.165) is 25.8 Å². The summed E-state index contributed by atoms with van der Waals surface area (Å²) in [7, 11) is 2.05. The van der Waals surface area contributed by atoms with Gasteiger partial charge in [0.25, 0.3) is 0 Å². The zero-order valence-electron chi connectivity index (χ0n) is 11.2. The summed E-state index contributed by atoms with van der Waals surface area (Å²) in [5, 5.41) is 0. The summed E-state index contributed by atoms with van der Waals surface area (Å²) in [4.78, 5) is 13.6. The van der Waals surface area contributed by atoms with Gasteiger partial charge in [0.1, 0.15) is 0 Å². The molecule has 0 aromatic heterocycles. The topological polar surface area (TPSA) is 29.5 Å². The molecule has 1 aliphatic heterocycles. The summed E-state index contributed by atoms with van der Waals surface area (Å²) in [5.41, 5.74) is 0.762. The molecule has 1 unspecified atom stereocenters. The molecule has 0 bridgehead atoms. The highest BCUT2D eigenvalue weighted by Gasteiger charge is 2.39. The highest BCUT2D eigenvalue weighted by Crippen LogP contribution is 2.31. The fourth-order valence-corrected chi connectivity index (χ4v) is 2.72. The molecule has 0 radical (unpaired) electrons. The number of carbonyl (C=O) groups is 1. The molecule has 0 aliphatic carbocycles. The Kier molecular flexibility index (Phi) is 4.02. The van der Waals surface area contributed by atoms with Gasteiger partial charge >= 0.3 is 5.97 Å². The maximum absolute atomic E-state index is 11.4. The average molecular weight is 247 g/mol. The lowest BCUT2D eigenvalue weighted by molar-refractivity contribution is -0.187. The largest absolute Gasteiger partial charge is 0.444 e. The summed E-state index contributed by atoms with van der Waals surface area (Å²) in [5.74, 6) is -0.195. The van der Waals surface area contributed by atoms with Gasteiger partial charge in [-0.1, -0.05) is 30.3 Å². The monoisotopic (exact) mass is 247 g/mol. The van der Waals surface area contributed by atoms with Gasteiger partial charge in [-0.25, -0.2) is 0 Å². The second-order valence-corrected chi connectivity index (χ2v) is 5.08. The quantitative estimate of drug-likeness (QED) is 0.769. The third-order valence-electron chi connectivity index (χ3n) is 3.66. The van der Waals surface area contributed by atoms with Gasteiger partial charge in [-0.15, -0.1) is 0 Å². The van der Waals surface area contributed by atoms with Crippen LogP contribution in [0.5, 0.6) is 0 Å². The van der Waals surface area contributed by atoms with Crippen LogP contribution < -0.4 is 0 Å². The first-order chi connectivity index (χ1) is 8.62. The highest BCUT2D eigenvalue weighted by atomic mass is 16.6. The van der Waals surface area contributed by atoms with Crippen molar-refractivity contribution in [2.75, 3.05) is 13.6 Å². The Hall–Kier alpha value is -1.35. The van der Waals surface area contributed by atoms with Crippen molar-refractivity contribution in [1.29, 1.82) is 0 Å². The van der Waals surface area contributed by atoms with Crippen LogP contribution in [0.3, 0.4) is 0 Å². The lowest BCUT2D eigenvalue weighted by Gasteiger charge is -2.44. The number of piperidine rings is 1. The minimum Gasteiger partial charge on any atom is -0.444 e. The Bertz CT molecular complexity index is 404. The predicted molar refractivity (Wildman–Crippen MR) is 71.1 cm³/mol. The number of hydrogen-bond donors (Lipinski definition) is 0. The van der Waals surface area contributed by atoms with Crippen molar-refractivity contribution in [1.82, 2.24) is 4.90 Å². The minimum absolute atomic E-state index is 0.195. The van der Waals surface area contributed by atoms with Crippen molar-refractivity contribution < 1.29 is 9.53 Å². The molecule has 1 fully saturated rings. The van der Waals surface area contributed by atoms with E-state index in [2.05, 4.69) is 17.0 Å². The van der Waals surface area contributed by atoms with Gasteiger partial charge in [-0.3, -0.25) is 9.69 Å². The van der Waals surface area contributed by atoms with E-state index in [1.165, 1.54) is 18.9 Å². The van der Waals surface area contributed by atoms with Crippen molar-refractivity contribution in [2.45, 2.75) is 38.3 Å². The van der Waals surface area contributed by atoms with Gasteiger partial charge in [-0.2, -0.15) is 0 Å². The number of rotatable bonds is 3. The van der Waals surface area contributed by atoms with Crippen LogP contribution in [-0.2, 0) is 16.0 Å².